The van der Waals surface area contributed by atoms with Gasteiger partial charge in [-0.1, -0.05) is 26.2 Å². The molecule has 0 aliphatic heterocycles. The van der Waals surface area contributed by atoms with Crippen molar-refractivity contribution in [2.45, 2.75) is 39.5 Å². The SMILES string of the molecule is Cc1c(N)nsc1NCC1CCCCC1C. The third-order valence-electron chi connectivity index (χ3n) is 3.77. The maximum absolute atomic E-state index is 5.74. The summed E-state index contributed by atoms with van der Waals surface area (Å²) in [6, 6.07) is 0. The van der Waals surface area contributed by atoms with Gasteiger partial charge in [-0.15, -0.1) is 0 Å². The predicted octanol–water partition coefficient (Wildman–Crippen LogP) is 3.27. The van der Waals surface area contributed by atoms with Crippen LogP contribution in [0.15, 0.2) is 0 Å². The van der Waals surface area contributed by atoms with E-state index >= 15 is 0 Å². The summed E-state index contributed by atoms with van der Waals surface area (Å²) in [4.78, 5) is 0. The monoisotopic (exact) mass is 239 g/mol. The lowest BCUT2D eigenvalue weighted by atomic mass is 9.80. The Labute approximate surface area is 102 Å². The number of nitrogens with two attached hydrogens (primary N) is 1. The first-order chi connectivity index (χ1) is 7.68. The average molecular weight is 239 g/mol. The first-order valence-corrected chi connectivity index (χ1v) is 6.91. The summed E-state index contributed by atoms with van der Waals surface area (Å²) in [5, 5.41) is 4.66. The van der Waals surface area contributed by atoms with Crippen LogP contribution in [0.25, 0.3) is 0 Å². The lowest BCUT2D eigenvalue weighted by Crippen LogP contribution is -2.24. The highest BCUT2D eigenvalue weighted by molar-refractivity contribution is 7.10. The molecule has 1 aliphatic rings. The molecule has 4 heteroatoms. The van der Waals surface area contributed by atoms with Crippen molar-refractivity contribution in [1.29, 1.82) is 0 Å². The molecular formula is C12H21N3S. The fourth-order valence-electron chi connectivity index (χ4n) is 2.43. The number of anilines is 2. The van der Waals surface area contributed by atoms with E-state index in [0.717, 1.165) is 28.9 Å². The zero-order chi connectivity index (χ0) is 11.5. The molecule has 3 nitrogen and oxygen atoms in total. The first-order valence-electron chi connectivity index (χ1n) is 6.14. The lowest BCUT2D eigenvalue weighted by molar-refractivity contribution is 0.269. The minimum absolute atomic E-state index is 0.671. The maximum atomic E-state index is 5.74. The van der Waals surface area contributed by atoms with E-state index < -0.39 is 0 Å². The van der Waals surface area contributed by atoms with E-state index in [1.165, 1.54) is 37.2 Å². The van der Waals surface area contributed by atoms with Gasteiger partial charge in [0.05, 0.1) is 0 Å². The highest BCUT2D eigenvalue weighted by Gasteiger charge is 2.21. The normalized spacial score (nSPS) is 25.6. The molecule has 90 valence electrons. The minimum Gasteiger partial charge on any atom is -0.383 e. The Morgan fingerprint density at radius 1 is 1.44 bits per heavy atom. The quantitative estimate of drug-likeness (QED) is 0.851. The lowest BCUT2D eigenvalue weighted by Gasteiger charge is -2.28. The van der Waals surface area contributed by atoms with Crippen molar-refractivity contribution in [3.05, 3.63) is 5.56 Å². The molecule has 1 saturated carbocycles. The molecule has 0 bridgehead atoms. The molecular weight excluding hydrogens is 218 g/mol. The number of hydrogen-bond acceptors (Lipinski definition) is 4. The highest BCUT2D eigenvalue weighted by Crippen LogP contribution is 2.31. The van der Waals surface area contributed by atoms with Crippen LogP contribution in [0.5, 0.6) is 0 Å². The van der Waals surface area contributed by atoms with Gasteiger partial charge in [-0.2, -0.15) is 4.37 Å². The zero-order valence-electron chi connectivity index (χ0n) is 10.1. The summed E-state index contributed by atoms with van der Waals surface area (Å²) in [6.07, 6.45) is 5.54. The molecule has 1 heterocycles. The number of hydrogen-bond donors (Lipinski definition) is 2. The Kier molecular flexibility index (Phi) is 3.69. The second kappa shape index (κ2) is 5.04. The van der Waals surface area contributed by atoms with Crippen LogP contribution in [0.1, 0.15) is 38.2 Å². The van der Waals surface area contributed by atoms with Crippen molar-refractivity contribution in [3.8, 4) is 0 Å². The van der Waals surface area contributed by atoms with Gasteiger partial charge in [0.1, 0.15) is 10.8 Å². The second-order valence-corrected chi connectivity index (χ2v) is 5.70. The van der Waals surface area contributed by atoms with Crippen LogP contribution in [0.2, 0.25) is 0 Å². The van der Waals surface area contributed by atoms with Crippen LogP contribution >= 0.6 is 11.5 Å². The van der Waals surface area contributed by atoms with E-state index in [4.69, 9.17) is 5.73 Å². The molecule has 2 atom stereocenters. The summed E-state index contributed by atoms with van der Waals surface area (Å²) in [6.45, 7) is 5.48. The molecule has 1 fully saturated rings. The van der Waals surface area contributed by atoms with Gasteiger partial charge in [0.2, 0.25) is 0 Å². The van der Waals surface area contributed by atoms with E-state index in [-0.39, 0.29) is 0 Å². The van der Waals surface area contributed by atoms with Crippen molar-refractivity contribution in [1.82, 2.24) is 4.37 Å². The van der Waals surface area contributed by atoms with Gasteiger partial charge in [-0.3, -0.25) is 0 Å². The zero-order valence-corrected chi connectivity index (χ0v) is 10.9. The van der Waals surface area contributed by atoms with Crippen LogP contribution in [-0.4, -0.2) is 10.9 Å². The van der Waals surface area contributed by atoms with E-state index in [9.17, 15) is 0 Å². The number of nitrogens with zero attached hydrogens (tertiary/aromatic N) is 1. The van der Waals surface area contributed by atoms with Crippen LogP contribution < -0.4 is 11.1 Å². The van der Waals surface area contributed by atoms with Crippen molar-refractivity contribution in [2.75, 3.05) is 17.6 Å². The fourth-order valence-corrected chi connectivity index (χ4v) is 3.15. The van der Waals surface area contributed by atoms with Gasteiger partial charge < -0.3 is 11.1 Å². The van der Waals surface area contributed by atoms with Crippen molar-refractivity contribution in [2.24, 2.45) is 11.8 Å². The molecule has 2 unspecified atom stereocenters. The Morgan fingerprint density at radius 2 is 2.19 bits per heavy atom. The summed E-state index contributed by atoms with van der Waals surface area (Å²) < 4.78 is 4.16. The van der Waals surface area contributed by atoms with E-state index in [2.05, 4.69) is 16.6 Å². The summed E-state index contributed by atoms with van der Waals surface area (Å²) in [5.74, 6) is 2.34. The Morgan fingerprint density at radius 3 is 2.81 bits per heavy atom. The predicted molar refractivity (Wildman–Crippen MR) is 70.9 cm³/mol. The second-order valence-electron chi connectivity index (χ2n) is 4.92. The van der Waals surface area contributed by atoms with E-state index in [1.807, 2.05) is 6.92 Å². The number of aromatic nitrogens is 1. The number of rotatable bonds is 3. The van der Waals surface area contributed by atoms with E-state index in [1.54, 1.807) is 0 Å². The van der Waals surface area contributed by atoms with Crippen molar-refractivity contribution in [3.63, 3.8) is 0 Å². The van der Waals surface area contributed by atoms with Gasteiger partial charge in [-0.05, 0) is 36.7 Å². The third-order valence-corrected chi connectivity index (χ3v) is 4.70. The molecule has 0 spiro atoms. The molecule has 0 radical (unpaired) electrons. The van der Waals surface area contributed by atoms with E-state index in [0.29, 0.717) is 5.82 Å². The topological polar surface area (TPSA) is 50.9 Å². The van der Waals surface area contributed by atoms with Crippen LogP contribution in [0.4, 0.5) is 10.8 Å². The van der Waals surface area contributed by atoms with Crippen LogP contribution in [0.3, 0.4) is 0 Å². The number of nitrogen functional groups attached to an aromatic ring is 1. The third kappa shape index (κ3) is 2.48. The molecule has 0 aromatic carbocycles. The molecule has 1 aromatic heterocycles. The van der Waals surface area contributed by atoms with Crippen molar-refractivity contribution >= 4 is 22.4 Å². The van der Waals surface area contributed by atoms with Gasteiger partial charge in [0.25, 0.3) is 0 Å². The summed E-state index contributed by atoms with van der Waals surface area (Å²) >= 11 is 1.48. The van der Waals surface area contributed by atoms with Crippen LogP contribution in [0, 0.1) is 18.8 Å². The molecule has 3 N–H and O–H groups in total. The Balaban J connectivity index is 1.89. The fraction of sp³-hybridized carbons (Fsp3) is 0.750. The maximum Gasteiger partial charge on any atom is 0.142 e. The Bertz CT molecular complexity index is 348. The highest BCUT2D eigenvalue weighted by atomic mass is 32.1. The van der Waals surface area contributed by atoms with Gasteiger partial charge in [-0.25, -0.2) is 0 Å². The molecule has 1 aliphatic carbocycles. The molecule has 0 amide bonds. The van der Waals surface area contributed by atoms with Crippen LogP contribution in [-0.2, 0) is 0 Å². The summed E-state index contributed by atoms with van der Waals surface area (Å²) in [7, 11) is 0. The molecule has 16 heavy (non-hydrogen) atoms. The van der Waals surface area contributed by atoms with Gasteiger partial charge in [0.15, 0.2) is 0 Å². The minimum atomic E-state index is 0.671. The average Bonchev–Trinajstić information content (AvgIpc) is 2.59. The molecule has 2 rings (SSSR count). The standard InChI is InChI=1S/C12H21N3S/c1-8-5-3-4-6-10(8)7-14-12-9(2)11(13)15-16-12/h8,10,14H,3-7H2,1-2H3,(H2,13,15). The Hall–Kier alpha value is -0.770. The summed E-state index contributed by atoms with van der Waals surface area (Å²) in [5.41, 5.74) is 6.84. The molecule has 0 saturated heterocycles. The number of nitrogens with one attached hydrogen (secondary N) is 1. The van der Waals surface area contributed by atoms with Gasteiger partial charge >= 0.3 is 0 Å². The van der Waals surface area contributed by atoms with Gasteiger partial charge in [0, 0.05) is 12.1 Å². The first kappa shape index (κ1) is 11.7. The smallest absolute Gasteiger partial charge is 0.142 e. The van der Waals surface area contributed by atoms with Crippen molar-refractivity contribution < 1.29 is 0 Å². The molecule has 1 aromatic rings. The largest absolute Gasteiger partial charge is 0.383 e.